The Morgan fingerprint density at radius 2 is 1.91 bits per heavy atom. The number of nitrogens with one attached hydrogen (secondary N) is 1. The van der Waals surface area contributed by atoms with Crippen molar-refractivity contribution in [3.05, 3.63) is 53.2 Å². The number of thiocarbonyl (C=S) groups is 1. The molecule has 1 saturated heterocycles. The number of carbonyl (C=O) groups excluding carboxylic acids is 1. The lowest BCUT2D eigenvalue weighted by Gasteiger charge is -2.07. The second kappa shape index (κ2) is 5.93. The Kier molecular flexibility index (Phi) is 4.11. The minimum atomic E-state index is -3.72. The molecule has 0 aliphatic carbocycles. The van der Waals surface area contributed by atoms with E-state index < -0.39 is 10.0 Å². The molecule has 1 fully saturated rings. The molecule has 0 radical (unpaired) electrons. The summed E-state index contributed by atoms with van der Waals surface area (Å²) in [6, 6.07) is 9.84. The number of thioether (sulfide) groups is 1. The number of nitrogens with zero attached hydrogens (tertiary/aromatic N) is 1. The summed E-state index contributed by atoms with van der Waals surface area (Å²) in [5.41, 5.74) is 1.52. The van der Waals surface area contributed by atoms with Gasteiger partial charge in [0.15, 0.2) is 0 Å². The maximum absolute atomic E-state index is 11.7. The number of carbonyl (C=O) groups is 1. The van der Waals surface area contributed by atoms with Crippen LogP contribution in [0.15, 0.2) is 52.4 Å². The maximum Gasteiger partial charge on any atom is 0.263 e. The Labute approximate surface area is 142 Å². The molecule has 3 rings (SSSR count). The summed E-state index contributed by atoms with van der Waals surface area (Å²) in [7, 11) is -3.72. The zero-order chi connectivity index (χ0) is 16.6. The van der Waals surface area contributed by atoms with E-state index in [9.17, 15) is 13.2 Å². The normalized spacial score (nSPS) is 16.8. The molecule has 9 heteroatoms. The molecule has 6 nitrogen and oxygen atoms in total. The molecule has 1 aliphatic heterocycles. The largest absolute Gasteiger partial charge is 0.317 e. The Hall–Kier alpha value is -1.94. The summed E-state index contributed by atoms with van der Waals surface area (Å²) in [6.07, 6.45) is 3.54. The second-order valence-corrected chi connectivity index (χ2v) is 7.97. The minimum absolute atomic E-state index is 0.0457. The monoisotopic (exact) mass is 365 g/mol. The first-order valence-electron chi connectivity index (χ1n) is 6.40. The number of hydrogen-bond donors (Lipinski definition) is 2. The second-order valence-electron chi connectivity index (χ2n) is 4.69. The Morgan fingerprint density at radius 1 is 1.22 bits per heavy atom. The van der Waals surface area contributed by atoms with Gasteiger partial charge in [-0.15, -0.1) is 0 Å². The Balaban J connectivity index is 1.97. The van der Waals surface area contributed by atoms with Gasteiger partial charge in [0.05, 0.1) is 9.80 Å². The first-order valence-corrected chi connectivity index (χ1v) is 9.17. The highest BCUT2D eigenvalue weighted by atomic mass is 32.2. The van der Waals surface area contributed by atoms with Gasteiger partial charge in [0.2, 0.25) is 10.0 Å². The molecule has 0 unspecified atom stereocenters. The molecule has 0 atom stereocenters. The summed E-state index contributed by atoms with van der Waals surface area (Å²) >= 11 is 6.16. The first kappa shape index (κ1) is 15.9. The fourth-order valence-corrected chi connectivity index (χ4v) is 3.64. The van der Waals surface area contributed by atoms with Crippen LogP contribution in [0.5, 0.6) is 0 Å². The number of hydrogen-bond acceptors (Lipinski definition) is 5. The van der Waals surface area contributed by atoms with Crippen molar-refractivity contribution in [2.24, 2.45) is 5.14 Å². The van der Waals surface area contributed by atoms with Gasteiger partial charge in [-0.2, -0.15) is 0 Å². The molecule has 1 aromatic carbocycles. The van der Waals surface area contributed by atoms with Crippen molar-refractivity contribution in [3.63, 3.8) is 0 Å². The van der Waals surface area contributed by atoms with Crippen molar-refractivity contribution >= 4 is 50.3 Å². The lowest BCUT2D eigenvalue weighted by molar-refractivity contribution is -0.115. The van der Waals surface area contributed by atoms with Crippen LogP contribution in [-0.2, 0) is 14.8 Å². The number of aromatic nitrogens is 1. The van der Waals surface area contributed by atoms with Gasteiger partial charge in [-0.25, -0.2) is 13.6 Å². The van der Waals surface area contributed by atoms with Crippen molar-refractivity contribution < 1.29 is 13.2 Å². The quantitative estimate of drug-likeness (QED) is 0.637. The number of benzene rings is 1. The maximum atomic E-state index is 11.7. The van der Waals surface area contributed by atoms with Crippen molar-refractivity contribution in [3.8, 4) is 5.69 Å². The molecule has 1 aromatic heterocycles. The van der Waals surface area contributed by atoms with Gasteiger partial charge in [-0.3, -0.25) is 4.79 Å². The van der Waals surface area contributed by atoms with E-state index in [0.29, 0.717) is 9.23 Å². The molecule has 2 heterocycles. The van der Waals surface area contributed by atoms with Crippen LogP contribution in [0.2, 0.25) is 0 Å². The van der Waals surface area contributed by atoms with Crippen molar-refractivity contribution in [2.75, 3.05) is 0 Å². The summed E-state index contributed by atoms with van der Waals surface area (Å²) < 4.78 is 24.8. The minimum Gasteiger partial charge on any atom is -0.317 e. The van der Waals surface area contributed by atoms with Gasteiger partial charge in [-0.1, -0.05) is 24.0 Å². The van der Waals surface area contributed by atoms with Crippen LogP contribution in [0.4, 0.5) is 0 Å². The lowest BCUT2D eigenvalue weighted by atomic mass is 10.3. The van der Waals surface area contributed by atoms with Crippen molar-refractivity contribution in [1.29, 1.82) is 0 Å². The average Bonchev–Trinajstić information content (AvgIpc) is 3.05. The van der Waals surface area contributed by atoms with E-state index >= 15 is 0 Å². The van der Waals surface area contributed by atoms with Crippen molar-refractivity contribution in [2.45, 2.75) is 4.90 Å². The Morgan fingerprint density at radius 3 is 2.48 bits per heavy atom. The third-order valence-corrected chi connectivity index (χ3v) is 5.24. The zero-order valence-corrected chi connectivity index (χ0v) is 14.0. The molecule has 118 valence electrons. The molecule has 1 aliphatic rings. The predicted octanol–water partition coefficient (Wildman–Crippen LogP) is 1.61. The molecule has 2 aromatic rings. The topological polar surface area (TPSA) is 94.2 Å². The number of sulfonamides is 1. The highest BCUT2D eigenvalue weighted by Crippen LogP contribution is 2.27. The molecule has 3 N–H and O–H groups in total. The molecule has 23 heavy (non-hydrogen) atoms. The van der Waals surface area contributed by atoms with Crippen LogP contribution < -0.4 is 10.5 Å². The van der Waals surface area contributed by atoms with Crippen LogP contribution in [0, 0.1) is 0 Å². The molecule has 0 bridgehead atoms. The standard InChI is InChI=1S/C14H11N3O3S3/c15-23(19,20)11-5-3-9(4-6-11)17-7-1-2-10(17)8-12-13(18)16-14(21)22-12/h1-8H,(H2,15,19,20)(H,16,18,21)/b12-8-. The summed E-state index contributed by atoms with van der Waals surface area (Å²) in [5, 5.41) is 7.65. The highest BCUT2D eigenvalue weighted by molar-refractivity contribution is 8.26. The van der Waals surface area contributed by atoms with Gasteiger partial charge in [0.25, 0.3) is 5.91 Å². The van der Waals surface area contributed by atoms with E-state index in [1.54, 1.807) is 18.2 Å². The average molecular weight is 365 g/mol. The highest BCUT2D eigenvalue weighted by Gasteiger charge is 2.22. The fraction of sp³-hybridized carbons (Fsp3) is 0. The van der Waals surface area contributed by atoms with E-state index in [4.69, 9.17) is 17.4 Å². The van der Waals surface area contributed by atoms with E-state index in [-0.39, 0.29) is 10.8 Å². The van der Waals surface area contributed by atoms with E-state index in [0.717, 1.165) is 11.4 Å². The summed E-state index contributed by atoms with van der Waals surface area (Å²) in [6.45, 7) is 0. The van der Waals surface area contributed by atoms with E-state index in [2.05, 4.69) is 5.32 Å². The molecule has 0 saturated carbocycles. The Bertz CT molecular complexity index is 928. The lowest BCUT2D eigenvalue weighted by Crippen LogP contribution is -2.17. The van der Waals surface area contributed by atoms with Crippen LogP contribution in [0.1, 0.15) is 5.69 Å². The van der Waals surface area contributed by atoms with Crippen LogP contribution in [0.3, 0.4) is 0 Å². The molecular weight excluding hydrogens is 354 g/mol. The van der Waals surface area contributed by atoms with Crippen LogP contribution >= 0.6 is 24.0 Å². The van der Waals surface area contributed by atoms with Gasteiger partial charge in [-0.05, 0) is 42.5 Å². The zero-order valence-electron chi connectivity index (χ0n) is 11.6. The van der Waals surface area contributed by atoms with Gasteiger partial charge in [0, 0.05) is 17.6 Å². The smallest absolute Gasteiger partial charge is 0.263 e. The van der Waals surface area contributed by atoms with E-state index in [1.165, 1.54) is 23.9 Å². The molecule has 0 spiro atoms. The fourth-order valence-electron chi connectivity index (χ4n) is 2.10. The third kappa shape index (κ3) is 3.37. The number of primary sulfonamides is 1. The van der Waals surface area contributed by atoms with Gasteiger partial charge < -0.3 is 9.88 Å². The SMILES string of the molecule is NS(=O)(=O)c1ccc(-n2cccc2/C=C2\SC(=S)NC2=O)cc1. The van der Waals surface area contributed by atoms with Crippen molar-refractivity contribution in [1.82, 2.24) is 9.88 Å². The van der Waals surface area contributed by atoms with Gasteiger partial charge in [0.1, 0.15) is 4.32 Å². The molecule has 1 amide bonds. The summed E-state index contributed by atoms with van der Waals surface area (Å²) in [5.74, 6) is -0.225. The number of rotatable bonds is 3. The molecular formula is C14H11N3O3S3. The van der Waals surface area contributed by atoms with Gasteiger partial charge >= 0.3 is 0 Å². The predicted molar refractivity (Wildman–Crippen MR) is 93.5 cm³/mol. The van der Waals surface area contributed by atoms with Crippen LogP contribution in [0.25, 0.3) is 11.8 Å². The number of amides is 1. The summed E-state index contributed by atoms with van der Waals surface area (Å²) in [4.78, 5) is 12.3. The van der Waals surface area contributed by atoms with Crippen LogP contribution in [-0.4, -0.2) is 23.2 Å². The number of nitrogens with two attached hydrogens (primary N) is 1. The first-order chi connectivity index (χ1) is 10.8. The van der Waals surface area contributed by atoms with E-state index in [1.807, 2.05) is 22.9 Å². The third-order valence-electron chi connectivity index (χ3n) is 3.14.